The van der Waals surface area contributed by atoms with Gasteiger partial charge in [0.25, 0.3) is 0 Å². The zero-order valence-electron chi connectivity index (χ0n) is 13.1. The van der Waals surface area contributed by atoms with Crippen molar-refractivity contribution in [1.29, 1.82) is 0 Å². The van der Waals surface area contributed by atoms with Crippen LogP contribution in [-0.4, -0.2) is 31.7 Å². The van der Waals surface area contributed by atoms with Crippen LogP contribution < -0.4 is 0 Å². The van der Waals surface area contributed by atoms with Crippen molar-refractivity contribution < 1.29 is 9.90 Å². The van der Waals surface area contributed by atoms with E-state index in [2.05, 4.69) is 20.6 Å². The lowest BCUT2D eigenvalue weighted by Gasteiger charge is -2.28. The summed E-state index contributed by atoms with van der Waals surface area (Å²) in [6, 6.07) is 9.88. The van der Waals surface area contributed by atoms with Crippen molar-refractivity contribution in [3.05, 3.63) is 41.7 Å². The van der Waals surface area contributed by atoms with Crippen LogP contribution in [0.1, 0.15) is 50.4 Å². The summed E-state index contributed by atoms with van der Waals surface area (Å²) in [5.41, 5.74) is 1.08. The minimum Gasteiger partial charge on any atom is -0.481 e. The predicted octanol–water partition coefficient (Wildman–Crippen LogP) is 2.83. The number of aromatic amines is 1. The third-order valence-electron chi connectivity index (χ3n) is 4.02. The molecule has 22 heavy (non-hydrogen) atoms. The summed E-state index contributed by atoms with van der Waals surface area (Å²) in [6.45, 7) is 6.08. The van der Waals surface area contributed by atoms with Crippen LogP contribution >= 0.6 is 0 Å². The molecule has 0 radical (unpaired) electrons. The normalized spacial score (nSPS) is 15.5. The molecule has 1 aromatic carbocycles. The second kappa shape index (κ2) is 7.15. The van der Waals surface area contributed by atoms with Crippen LogP contribution in [0, 0.1) is 11.8 Å². The van der Waals surface area contributed by atoms with Gasteiger partial charge in [-0.25, -0.2) is 5.10 Å². The molecular formula is C16H22N4O2. The predicted molar refractivity (Wildman–Crippen MR) is 82.4 cm³/mol. The third kappa shape index (κ3) is 3.69. The Labute approximate surface area is 130 Å². The molecule has 0 fully saturated rings. The largest absolute Gasteiger partial charge is 0.481 e. The fourth-order valence-corrected chi connectivity index (χ4v) is 2.96. The van der Waals surface area contributed by atoms with Crippen LogP contribution in [0.4, 0.5) is 0 Å². The highest BCUT2D eigenvalue weighted by Crippen LogP contribution is 2.39. The van der Waals surface area contributed by atoms with Gasteiger partial charge in [0, 0.05) is 5.92 Å². The maximum absolute atomic E-state index is 11.8. The Morgan fingerprint density at radius 3 is 2.41 bits per heavy atom. The number of carboxylic acids is 1. The molecule has 0 aliphatic heterocycles. The van der Waals surface area contributed by atoms with Gasteiger partial charge in [0.1, 0.15) is 0 Å². The lowest BCUT2D eigenvalue weighted by atomic mass is 9.75. The molecule has 1 heterocycles. The SMILES string of the molecule is CC(C)C[C@H](C(=O)O)C(c1nnn[nH]1)[C@H](C)c1ccccc1. The molecule has 2 rings (SSSR count). The van der Waals surface area contributed by atoms with Gasteiger partial charge in [-0.3, -0.25) is 4.79 Å². The summed E-state index contributed by atoms with van der Waals surface area (Å²) in [5.74, 6) is -0.831. The number of rotatable bonds is 7. The van der Waals surface area contributed by atoms with Gasteiger partial charge in [0.15, 0.2) is 5.82 Å². The van der Waals surface area contributed by atoms with Gasteiger partial charge in [0.05, 0.1) is 5.92 Å². The number of carbonyl (C=O) groups is 1. The van der Waals surface area contributed by atoms with Crippen molar-refractivity contribution in [2.75, 3.05) is 0 Å². The maximum atomic E-state index is 11.8. The number of nitrogens with one attached hydrogen (secondary N) is 1. The Hall–Kier alpha value is -2.24. The van der Waals surface area contributed by atoms with Crippen molar-refractivity contribution in [1.82, 2.24) is 20.6 Å². The van der Waals surface area contributed by atoms with Gasteiger partial charge in [-0.05, 0) is 34.2 Å². The summed E-state index contributed by atoms with van der Waals surface area (Å²) < 4.78 is 0. The van der Waals surface area contributed by atoms with E-state index in [-0.39, 0.29) is 17.8 Å². The third-order valence-corrected chi connectivity index (χ3v) is 4.02. The molecule has 1 aromatic heterocycles. The lowest BCUT2D eigenvalue weighted by molar-refractivity contribution is -0.143. The van der Waals surface area contributed by atoms with Gasteiger partial charge in [-0.15, -0.1) is 5.10 Å². The van der Waals surface area contributed by atoms with Crippen LogP contribution in [0.15, 0.2) is 30.3 Å². The average Bonchev–Trinajstić information content (AvgIpc) is 3.00. The first-order valence-corrected chi connectivity index (χ1v) is 7.52. The number of carboxylic acid groups (broad SMARTS) is 1. The molecule has 0 amide bonds. The summed E-state index contributed by atoms with van der Waals surface area (Å²) in [5, 5.41) is 23.7. The molecule has 0 saturated heterocycles. The number of hydrogen-bond acceptors (Lipinski definition) is 4. The highest BCUT2D eigenvalue weighted by molar-refractivity contribution is 5.71. The Bertz CT molecular complexity index is 583. The van der Waals surface area contributed by atoms with Crippen LogP contribution in [0.5, 0.6) is 0 Å². The van der Waals surface area contributed by atoms with E-state index in [1.54, 1.807) is 0 Å². The van der Waals surface area contributed by atoms with Crippen molar-refractivity contribution in [3.8, 4) is 0 Å². The van der Waals surface area contributed by atoms with E-state index in [1.165, 1.54) is 0 Å². The fraction of sp³-hybridized carbons (Fsp3) is 0.500. The molecular weight excluding hydrogens is 280 g/mol. The Morgan fingerprint density at radius 2 is 1.91 bits per heavy atom. The van der Waals surface area contributed by atoms with E-state index in [4.69, 9.17) is 0 Å². The van der Waals surface area contributed by atoms with Crippen LogP contribution in [-0.2, 0) is 4.79 Å². The molecule has 0 spiro atoms. The van der Waals surface area contributed by atoms with Crippen LogP contribution in [0.2, 0.25) is 0 Å². The molecule has 2 N–H and O–H groups in total. The first-order valence-electron chi connectivity index (χ1n) is 7.52. The van der Waals surface area contributed by atoms with E-state index in [0.29, 0.717) is 12.2 Å². The number of benzene rings is 1. The number of tetrazole rings is 1. The summed E-state index contributed by atoms with van der Waals surface area (Å²) >= 11 is 0. The number of H-pyrrole nitrogens is 1. The standard InChI is InChI=1S/C16H22N4O2/c1-10(2)9-13(16(21)22)14(15-17-19-20-18-15)11(3)12-7-5-4-6-8-12/h4-8,10-11,13-14H,9H2,1-3H3,(H,21,22)(H,17,18,19,20)/t11-,13+,14?/m1/s1. The lowest BCUT2D eigenvalue weighted by Crippen LogP contribution is -2.28. The van der Waals surface area contributed by atoms with Crippen molar-refractivity contribution in [2.24, 2.45) is 11.8 Å². The molecule has 1 unspecified atom stereocenters. The molecule has 3 atom stereocenters. The second-order valence-corrected chi connectivity index (χ2v) is 6.09. The van der Waals surface area contributed by atoms with Gasteiger partial charge < -0.3 is 5.11 Å². The van der Waals surface area contributed by atoms with Gasteiger partial charge in [0.2, 0.25) is 0 Å². The summed E-state index contributed by atoms with van der Waals surface area (Å²) in [6.07, 6.45) is 0.581. The fourth-order valence-electron chi connectivity index (χ4n) is 2.96. The smallest absolute Gasteiger partial charge is 0.307 e. The summed E-state index contributed by atoms with van der Waals surface area (Å²) in [7, 11) is 0. The van der Waals surface area contributed by atoms with Gasteiger partial charge >= 0.3 is 5.97 Å². The molecule has 2 aromatic rings. The topological polar surface area (TPSA) is 91.8 Å². The molecule has 6 nitrogen and oxygen atoms in total. The number of aromatic nitrogens is 4. The highest BCUT2D eigenvalue weighted by Gasteiger charge is 2.36. The quantitative estimate of drug-likeness (QED) is 0.820. The first-order chi connectivity index (χ1) is 10.5. The molecule has 118 valence electrons. The Kier molecular flexibility index (Phi) is 5.25. The van der Waals surface area contributed by atoms with E-state index in [9.17, 15) is 9.90 Å². The molecule has 0 aliphatic carbocycles. The van der Waals surface area contributed by atoms with Gasteiger partial charge in [-0.1, -0.05) is 51.1 Å². The van der Waals surface area contributed by atoms with E-state index >= 15 is 0 Å². The van der Waals surface area contributed by atoms with Crippen molar-refractivity contribution in [3.63, 3.8) is 0 Å². The van der Waals surface area contributed by atoms with Crippen molar-refractivity contribution >= 4 is 5.97 Å². The van der Waals surface area contributed by atoms with E-state index < -0.39 is 11.9 Å². The van der Waals surface area contributed by atoms with E-state index in [0.717, 1.165) is 5.56 Å². The monoisotopic (exact) mass is 302 g/mol. The molecule has 0 bridgehead atoms. The Morgan fingerprint density at radius 1 is 1.23 bits per heavy atom. The van der Waals surface area contributed by atoms with Crippen LogP contribution in [0.25, 0.3) is 0 Å². The zero-order valence-corrected chi connectivity index (χ0v) is 13.1. The van der Waals surface area contributed by atoms with E-state index in [1.807, 2.05) is 51.1 Å². The minimum atomic E-state index is -0.808. The molecule has 0 aliphatic rings. The van der Waals surface area contributed by atoms with Crippen LogP contribution in [0.3, 0.4) is 0 Å². The first kappa shape index (κ1) is 16.1. The Balaban J connectivity index is 2.40. The van der Waals surface area contributed by atoms with Crippen molar-refractivity contribution in [2.45, 2.75) is 39.0 Å². The molecule has 6 heteroatoms. The maximum Gasteiger partial charge on any atom is 0.307 e. The minimum absolute atomic E-state index is 0.00389. The molecule has 0 saturated carbocycles. The number of hydrogen-bond donors (Lipinski definition) is 2. The number of aliphatic carboxylic acids is 1. The highest BCUT2D eigenvalue weighted by atomic mass is 16.4. The number of nitrogens with zero attached hydrogens (tertiary/aromatic N) is 3. The average molecular weight is 302 g/mol. The van der Waals surface area contributed by atoms with Gasteiger partial charge in [-0.2, -0.15) is 0 Å². The summed E-state index contributed by atoms with van der Waals surface area (Å²) in [4.78, 5) is 11.8. The zero-order chi connectivity index (χ0) is 16.1. The second-order valence-electron chi connectivity index (χ2n) is 6.09.